The normalized spacial score (nSPS) is 10.8. The van der Waals surface area contributed by atoms with Crippen LogP contribution in [-0.2, 0) is 16.1 Å². The summed E-state index contributed by atoms with van der Waals surface area (Å²) in [6, 6.07) is 19.1. The Morgan fingerprint density at radius 3 is 2.61 bits per heavy atom. The Balaban J connectivity index is 1.30. The van der Waals surface area contributed by atoms with E-state index in [4.69, 9.17) is 14.0 Å². The van der Waals surface area contributed by atoms with E-state index in [0.717, 1.165) is 10.8 Å². The lowest BCUT2D eigenvalue weighted by Gasteiger charge is -2.07. The minimum Gasteiger partial charge on any atom is -0.482 e. The van der Waals surface area contributed by atoms with Gasteiger partial charge in [0.2, 0.25) is 5.82 Å². The Labute approximate surface area is 159 Å². The minimum atomic E-state index is -0.560. The highest BCUT2D eigenvalue weighted by Crippen LogP contribution is 2.20. The molecule has 0 bridgehead atoms. The molecule has 0 spiro atoms. The van der Waals surface area contributed by atoms with Crippen LogP contribution in [0.3, 0.4) is 0 Å². The molecule has 7 heteroatoms. The molecule has 1 aromatic heterocycles. The lowest BCUT2D eigenvalue weighted by Crippen LogP contribution is -2.14. The van der Waals surface area contributed by atoms with Gasteiger partial charge in [0, 0.05) is 5.56 Å². The molecule has 0 amide bonds. The highest BCUT2D eigenvalue weighted by atomic mass is 19.1. The molecular formula is C21H15FN2O4. The first-order valence-corrected chi connectivity index (χ1v) is 8.53. The van der Waals surface area contributed by atoms with E-state index >= 15 is 0 Å². The van der Waals surface area contributed by atoms with Crippen molar-refractivity contribution < 1.29 is 23.2 Å². The lowest BCUT2D eigenvalue weighted by molar-refractivity contribution is -0.148. The van der Waals surface area contributed by atoms with Crippen LogP contribution >= 0.6 is 0 Å². The van der Waals surface area contributed by atoms with Crippen molar-refractivity contribution in [3.8, 4) is 17.1 Å². The number of hydrogen-bond acceptors (Lipinski definition) is 6. The largest absolute Gasteiger partial charge is 0.482 e. The molecule has 4 rings (SSSR count). The molecule has 0 aliphatic carbocycles. The van der Waals surface area contributed by atoms with Gasteiger partial charge < -0.3 is 14.0 Å². The van der Waals surface area contributed by atoms with Crippen LogP contribution in [0.4, 0.5) is 4.39 Å². The summed E-state index contributed by atoms with van der Waals surface area (Å²) in [4.78, 5) is 16.0. The summed E-state index contributed by atoms with van der Waals surface area (Å²) in [6.45, 7) is -0.411. The number of esters is 1. The maximum atomic E-state index is 13.0. The average Bonchev–Trinajstić information content (AvgIpc) is 3.20. The predicted molar refractivity (Wildman–Crippen MR) is 98.9 cm³/mol. The molecule has 6 nitrogen and oxygen atoms in total. The van der Waals surface area contributed by atoms with Crippen LogP contribution in [0.25, 0.3) is 22.2 Å². The second-order valence-corrected chi connectivity index (χ2v) is 5.98. The van der Waals surface area contributed by atoms with Gasteiger partial charge in [-0.3, -0.25) is 0 Å². The molecule has 0 saturated carbocycles. The Morgan fingerprint density at radius 2 is 1.79 bits per heavy atom. The van der Waals surface area contributed by atoms with Gasteiger partial charge in [-0.05, 0) is 47.2 Å². The number of ether oxygens (including phenoxy) is 2. The van der Waals surface area contributed by atoms with E-state index in [9.17, 15) is 9.18 Å². The zero-order valence-corrected chi connectivity index (χ0v) is 14.7. The molecule has 0 fully saturated rings. The van der Waals surface area contributed by atoms with Crippen molar-refractivity contribution in [1.29, 1.82) is 0 Å². The van der Waals surface area contributed by atoms with E-state index in [0.29, 0.717) is 17.1 Å². The van der Waals surface area contributed by atoms with Crippen molar-refractivity contribution in [1.82, 2.24) is 10.1 Å². The summed E-state index contributed by atoms with van der Waals surface area (Å²) in [5, 5.41) is 5.90. The van der Waals surface area contributed by atoms with Crippen molar-refractivity contribution >= 4 is 16.7 Å². The van der Waals surface area contributed by atoms with E-state index in [-0.39, 0.29) is 24.9 Å². The average molecular weight is 378 g/mol. The smallest absolute Gasteiger partial charge is 0.344 e. The van der Waals surface area contributed by atoms with E-state index < -0.39 is 5.97 Å². The summed E-state index contributed by atoms with van der Waals surface area (Å²) in [5.74, 6) is 0.0892. The van der Waals surface area contributed by atoms with Gasteiger partial charge in [0.25, 0.3) is 5.89 Å². The summed E-state index contributed by atoms with van der Waals surface area (Å²) in [6.07, 6.45) is 0. The number of halogens is 1. The predicted octanol–water partition coefficient (Wildman–Crippen LogP) is 4.15. The van der Waals surface area contributed by atoms with Gasteiger partial charge >= 0.3 is 5.97 Å². The van der Waals surface area contributed by atoms with E-state index in [1.54, 1.807) is 6.07 Å². The van der Waals surface area contributed by atoms with E-state index in [2.05, 4.69) is 10.1 Å². The maximum Gasteiger partial charge on any atom is 0.344 e. The molecule has 1 heterocycles. The third kappa shape index (κ3) is 4.15. The molecule has 28 heavy (non-hydrogen) atoms. The fourth-order valence-electron chi connectivity index (χ4n) is 2.61. The third-order valence-electron chi connectivity index (χ3n) is 4.00. The standard InChI is InChI=1S/C21H15FN2O4/c22-17-8-5-15(6-9-17)21-23-19(28-24-21)12-27-20(25)13-26-18-10-7-14-3-1-2-4-16(14)11-18/h1-11H,12-13H2. The van der Waals surface area contributed by atoms with Crippen molar-refractivity contribution in [2.75, 3.05) is 6.61 Å². The van der Waals surface area contributed by atoms with Crippen molar-refractivity contribution in [2.45, 2.75) is 6.61 Å². The Kier molecular flexibility index (Phi) is 4.97. The van der Waals surface area contributed by atoms with Crippen LogP contribution in [0, 0.1) is 5.82 Å². The monoisotopic (exact) mass is 378 g/mol. The van der Waals surface area contributed by atoms with Gasteiger partial charge in [-0.15, -0.1) is 0 Å². The topological polar surface area (TPSA) is 74.5 Å². The number of benzene rings is 3. The van der Waals surface area contributed by atoms with E-state index in [1.165, 1.54) is 24.3 Å². The number of hydrogen-bond donors (Lipinski definition) is 0. The number of nitrogens with zero attached hydrogens (tertiary/aromatic N) is 2. The zero-order chi connectivity index (χ0) is 19.3. The van der Waals surface area contributed by atoms with Crippen LogP contribution in [0.1, 0.15) is 5.89 Å². The van der Waals surface area contributed by atoms with Gasteiger partial charge in [0.05, 0.1) is 0 Å². The molecule has 4 aromatic rings. The quantitative estimate of drug-likeness (QED) is 0.469. The van der Waals surface area contributed by atoms with Gasteiger partial charge in [0.15, 0.2) is 13.2 Å². The Hall–Kier alpha value is -3.74. The first kappa shape index (κ1) is 17.7. The highest BCUT2D eigenvalue weighted by Gasteiger charge is 2.12. The summed E-state index contributed by atoms with van der Waals surface area (Å²) in [5.41, 5.74) is 0.599. The fraction of sp³-hybridized carbons (Fsp3) is 0.0952. The molecule has 3 aromatic carbocycles. The van der Waals surface area contributed by atoms with Crippen LogP contribution in [0.15, 0.2) is 71.3 Å². The Bertz CT molecular complexity index is 1110. The molecule has 0 atom stereocenters. The summed E-state index contributed by atoms with van der Waals surface area (Å²) >= 11 is 0. The minimum absolute atomic E-state index is 0.137. The van der Waals surface area contributed by atoms with Gasteiger partial charge in [-0.2, -0.15) is 4.98 Å². The fourth-order valence-corrected chi connectivity index (χ4v) is 2.61. The molecule has 0 radical (unpaired) electrons. The first-order chi connectivity index (χ1) is 13.7. The Morgan fingerprint density at radius 1 is 1.00 bits per heavy atom. The third-order valence-corrected chi connectivity index (χ3v) is 4.00. The lowest BCUT2D eigenvalue weighted by atomic mass is 10.1. The van der Waals surface area contributed by atoms with Crippen molar-refractivity contribution in [2.24, 2.45) is 0 Å². The number of aromatic nitrogens is 2. The molecule has 0 unspecified atom stereocenters. The second-order valence-electron chi connectivity index (χ2n) is 5.98. The molecule has 0 aliphatic rings. The molecule has 140 valence electrons. The molecule has 0 aliphatic heterocycles. The van der Waals surface area contributed by atoms with Crippen LogP contribution < -0.4 is 4.74 Å². The summed E-state index contributed by atoms with van der Waals surface area (Å²) in [7, 11) is 0. The maximum absolute atomic E-state index is 13.0. The van der Waals surface area contributed by atoms with E-state index in [1.807, 2.05) is 36.4 Å². The first-order valence-electron chi connectivity index (χ1n) is 8.53. The highest BCUT2D eigenvalue weighted by molar-refractivity contribution is 5.83. The van der Waals surface area contributed by atoms with Gasteiger partial charge in [-0.1, -0.05) is 35.5 Å². The summed E-state index contributed by atoms with van der Waals surface area (Å²) < 4.78 is 28.6. The van der Waals surface area contributed by atoms with Crippen LogP contribution in [0.2, 0.25) is 0 Å². The number of fused-ring (bicyclic) bond motifs is 1. The van der Waals surface area contributed by atoms with Crippen LogP contribution in [0.5, 0.6) is 5.75 Å². The molecular weight excluding hydrogens is 363 g/mol. The SMILES string of the molecule is O=C(COc1ccc2ccccc2c1)OCc1nc(-c2ccc(F)cc2)no1. The van der Waals surface area contributed by atoms with Gasteiger partial charge in [0.1, 0.15) is 11.6 Å². The van der Waals surface area contributed by atoms with Crippen molar-refractivity contribution in [3.63, 3.8) is 0 Å². The number of carbonyl (C=O) groups is 1. The molecule has 0 N–H and O–H groups in total. The number of rotatable bonds is 6. The number of carbonyl (C=O) groups excluding carboxylic acids is 1. The van der Waals surface area contributed by atoms with Crippen LogP contribution in [-0.4, -0.2) is 22.7 Å². The zero-order valence-electron chi connectivity index (χ0n) is 14.7. The van der Waals surface area contributed by atoms with Crippen molar-refractivity contribution in [3.05, 3.63) is 78.4 Å². The molecule has 0 saturated heterocycles. The van der Waals surface area contributed by atoms with Gasteiger partial charge in [-0.25, -0.2) is 9.18 Å². The second kappa shape index (κ2) is 7.87.